The van der Waals surface area contributed by atoms with E-state index in [2.05, 4.69) is 39.8 Å². The smallest absolute Gasteiger partial charge is 0.312 e. The summed E-state index contributed by atoms with van der Waals surface area (Å²) in [4.78, 5) is 13.3. The van der Waals surface area contributed by atoms with Gasteiger partial charge in [0.05, 0.1) is 5.41 Å². The first-order valence-electron chi connectivity index (χ1n) is 11.5. The van der Waals surface area contributed by atoms with Crippen molar-refractivity contribution in [2.45, 2.75) is 72.8 Å². The van der Waals surface area contributed by atoms with Gasteiger partial charge in [0.25, 0.3) is 0 Å². The summed E-state index contributed by atoms with van der Waals surface area (Å²) in [7, 11) is 0. The van der Waals surface area contributed by atoms with Crippen LogP contribution in [-0.4, -0.2) is 5.97 Å². The molecule has 0 bridgehead atoms. The summed E-state index contributed by atoms with van der Waals surface area (Å²) in [6.45, 7) is 9.63. The summed E-state index contributed by atoms with van der Waals surface area (Å²) in [5, 5.41) is 0. The molecule has 2 nitrogen and oxygen atoms in total. The van der Waals surface area contributed by atoms with Crippen molar-refractivity contribution >= 4 is 5.97 Å². The first-order valence-corrected chi connectivity index (χ1v) is 11.5. The fraction of sp³-hybridized carbons (Fsp3) is 0.593. The van der Waals surface area contributed by atoms with Gasteiger partial charge in [-0.25, -0.2) is 0 Å². The van der Waals surface area contributed by atoms with Crippen LogP contribution in [-0.2, 0) is 16.1 Å². The Kier molecular flexibility index (Phi) is 5.48. The van der Waals surface area contributed by atoms with Gasteiger partial charge in [-0.3, -0.25) is 4.79 Å². The van der Waals surface area contributed by atoms with Crippen molar-refractivity contribution in [3.05, 3.63) is 59.2 Å². The SMILES string of the molecule is CC(C)C1=CC2=CCC3[C@](C)(CCC[C@]3(C)C(=O)OCc3ccccc3)[C@@H]2CC1. The molecule has 1 unspecified atom stereocenters. The summed E-state index contributed by atoms with van der Waals surface area (Å²) in [6, 6.07) is 10.0. The molecule has 3 aliphatic carbocycles. The van der Waals surface area contributed by atoms with Gasteiger partial charge < -0.3 is 4.74 Å². The van der Waals surface area contributed by atoms with Gasteiger partial charge in [0.1, 0.15) is 6.61 Å². The molecule has 0 radical (unpaired) electrons. The Hall–Kier alpha value is -1.83. The van der Waals surface area contributed by atoms with Gasteiger partial charge >= 0.3 is 5.97 Å². The summed E-state index contributed by atoms with van der Waals surface area (Å²) >= 11 is 0. The Balaban J connectivity index is 1.57. The molecule has 0 saturated heterocycles. The first-order chi connectivity index (χ1) is 13.8. The van der Waals surface area contributed by atoms with Crippen LogP contribution in [0.4, 0.5) is 0 Å². The first kappa shape index (κ1) is 20.4. The number of allylic oxidation sites excluding steroid dienone is 4. The molecule has 0 aliphatic heterocycles. The van der Waals surface area contributed by atoms with E-state index < -0.39 is 0 Å². The second-order valence-corrected chi connectivity index (χ2v) is 10.3. The van der Waals surface area contributed by atoms with Gasteiger partial charge in [-0.1, -0.05) is 75.2 Å². The van der Waals surface area contributed by atoms with Crippen LogP contribution >= 0.6 is 0 Å². The van der Waals surface area contributed by atoms with Gasteiger partial charge in [0.15, 0.2) is 0 Å². The molecular weight excluding hydrogens is 356 g/mol. The normalized spacial score (nSPS) is 34.0. The second kappa shape index (κ2) is 7.78. The molecule has 2 heteroatoms. The second-order valence-electron chi connectivity index (χ2n) is 10.3. The average molecular weight is 393 g/mol. The van der Waals surface area contributed by atoms with Gasteiger partial charge in [0, 0.05) is 0 Å². The molecule has 0 amide bonds. The number of carbonyl (C=O) groups excluding carboxylic acids is 1. The molecule has 1 aromatic carbocycles. The van der Waals surface area contributed by atoms with Crippen LogP contribution < -0.4 is 0 Å². The number of esters is 1. The standard InChI is InChI=1S/C27H36O2/c1-19(2)21-11-13-23-22(17-21)12-14-24-26(23,3)15-8-16-27(24,4)25(28)29-18-20-9-6-5-7-10-20/h5-7,9-10,12,17,19,23-24H,8,11,13-16,18H2,1-4H3/t23-,24?,26-,27+/m1/s1. The maximum absolute atomic E-state index is 13.3. The third-order valence-corrected chi connectivity index (χ3v) is 8.26. The summed E-state index contributed by atoms with van der Waals surface area (Å²) < 4.78 is 5.88. The summed E-state index contributed by atoms with van der Waals surface area (Å²) in [5.74, 6) is 1.59. The minimum absolute atomic E-state index is 0.00310. The Labute approximate surface area is 176 Å². The molecule has 0 spiro atoms. The topological polar surface area (TPSA) is 26.3 Å². The molecule has 0 aromatic heterocycles. The van der Waals surface area contributed by atoms with Crippen LogP contribution in [0.5, 0.6) is 0 Å². The molecule has 3 aliphatic rings. The molecule has 4 rings (SSSR count). The number of hydrogen-bond acceptors (Lipinski definition) is 2. The van der Waals surface area contributed by atoms with Gasteiger partial charge in [-0.2, -0.15) is 0 Å². The van der Waals surface area contributed by atoms with E-state index in [-0.39, 0.29) is 16.8 Å². The number of carbonyl (C=O) groups is 1. The lowest BCUT2D eigenvalue weighted by atomic mass is 9.47. The summed E-state index contributed by atoms with van der Waals surface area (Å²) in [6.07, 6.45) is 11.7. The van der Waals surface area contributed by atoms with Gasteiger partial charge in [-0.15, -0.1) is 0 Å². The molecule has 156 valence electrons. The van der Waals surface area contributed by atoms with E-state index in [0.717, 1.165) is 24.8 Å². The highest BCUT2D eigenvalue weighted by Gasteiger charge is 2.57. The minimum atomic E-state index is -0.383. The fourth-order valence-electron chi connectivity index (χ4n) is 6.48. The minimum Gasteiger partial charge on any atom is -0.460 e. The molecule has 29 heavy (non-hydrogen) atoms. The predicted octanol–water partition coefficient (Wildman–Crippen LogP) is 6.87. The van der Waals surface area contributed by atoms with Crippen molar-refractivity contribution in [3.8, 4) is 0 Å². The van der Waals surface area contributed by atoms with E-state index in [4.69, 9.17) is 4.74 Å². The molecule has 1 aromatic rings. The lowest BCUT2D eigenvalue weighted by Gasteiger charge is -2.57. The summed E-state index contributed by atoms with van der Waals surface area (Å²) in [5.41, 5.74) is 4.01. The van der Waals surface area contributed by atoms with Crippen LogP contribution in [0.1, 0.15) is 71.8 Å². The predicted molar refractivity (Wildman–Crippen MR) is 118 cm³/mol. The van der Waals surface area contributed by atoms with Crippen LogP contribution in [0.2, 0.25) is 0 Å². The Bertz CT molecular complexity index is 818. The van der Waals surface area contributed by atoms with Gasteiger partial charge in [-0.05, 0) is 73.3 Å². The van der Waals surface area contributed by atoms with Crippen LogP contribution in [0.3, 0.4) is 0 Å². The van der Waals surface area contributed by atoms with Crippen molar-refractivity contribution < 1.29 is 9.53 Å². The van der Waals surface area contributed by atoms with E-state index in [0.29, 0.717) is 24.4 Å². The third-order valence-electron chi connectivity index (χ3n) is 8.26. The maximum Gasteiger partial charge on any atom is 0.312 e. The molecule has 1 fully saturated rings. The van der Waals surface area contributed by atoms with E-state index in [1.807, 2.05) is 30.3 Å². The fourth-order valence-corrected chi connectivity index (χ4v) is 6.48. The third kappa shape index (κ3) is 3.60. The zero-order chi connectivity index (χ0) is 20.6. The van der Waals surface area contributed by atoms with E-state index in [9.17, 15) is 4.79 Å². The van der Waals surface area contributed by atoms with E-state index in [1.54, 1.807) is 11.1 Å². The Morgan fingerprint density at radius 2 is 1.93 bits per heavy atom. The maximum atomic E-state index is 13.3. The Morgan fingerprint density at radius 3 is 2.66 bits per heavy atom. The average Bonchev–Trinajstić information content (AvgIpc) is 2.72. The molecular formula is C27H36O2. The van der Waals surface area contributed by atoms with E-state index in [1.165, 1.54) is 19.3 Å². The molecule has 0 N–H and O–H groups in total. The van der Waals surface area contributed by atoms with Crippen molar-refractivity contribution in [3.63, 3.8) is 0 Å². The molecule has 1 saturated carbocycles. The van der Waals surface area contributed by atoms with Crippen molar-refractivity contribution in [1.82, 2.24) is 0 Å². The largest absolute Gasteiger partial charge is 0.460 e. The van der Waals surface area contributed by atoms with Crippen LogP contribution in [0.25, 0.3) is 0 Å². The zero-order valence-electron chi connectivity index (χ0n) is 18.5. The van der Waals surface area contributed by atoms with Crippen LogP contribution in [0.15, 0.2) is 53.6 Å². The van der Waals surface area contributed by atoms with Crippen molar-refractivity contribution in [2.75, 3.05) is 0 Å². The van der Waals surface area contributed by atoms with Crippen molar-refractivity contribution in [1.29, 1.82) is 0 Å². The van der Waals surface area contributed by atoms with Crippen LogP contribution in [0, 0.1) is 28.6 Å². The highest BCUT2D eigenvalue weighted by molar-refractivity contribution is 5.77. The molecule has 4 atom stereocenters. The number of ether oxygens (including phenoxy) is 1. The van der Waals surface area contributed by atoms with E-state index >= 15 is 0 Å². The number of fused-ring (bicyclic) bond motifs is 3. The van der Waals surface area contributed by atoms with Gasteiger partial charge in [0.2, 0.25) is 0 Å². The number of benzene rings is 1. The highest BCUT2D eigenvalue weighted by Crippen LogP contribution is 2.62. The highest BCUT2D eigenvalue weighted by atomic mass is 16.5. The molecule has 0 heterocycles. The van der Waals surface area contributed by atoms with Crippen molar-refractivity contribution in [2.24, 2.45) is 28.6 Å². The Morgan fingerprint density at radius 1 is 1.17 bits per heavy atom. The number of rotatable bonds is 4. The quantitative estimate of drug-likeness (QED) is 0.523. The lowest BCUT2D eigenvalue weighted by molar-refractivity contribution is -0.170. The number of hydrogen-bond donors (Lipinski definition) is 0. The zero-order valence-corrected chi connectivity index (χ0v) is 18.5. The monoisotopic (exact) mass is 392 g/mol. The lowest BCUT2D eigenvalue weighted by Crippen LogP contribution is -2.53.